The van der Waals surface area contributed by atoms with Gasteiger partial charge in [-0.2, -0.15) is 0 Å². The van der Waals surface area contributed by atoms with Crippen molar-refractivity contribution in [2.75, 3.05) is 23.4 Å². The Morgan fingerprint density at radius 3 is 2.76 bits per heavy atom. The van der Waals surface area contributed by atoms with Crippen LogP contribution in [-0.4, -0.2) is 25.0 Å². The predicted molar refractivity (Wildman–Crippen MR) is 98.0 cm³/mol. The van der Waals surface area contributed by atoms with E-state index in [0.717, 1.165) is 17.7 Å². The normalized spacial score (nSPS) is 13.2. The zero-order valence-corrected chi connectivity index (χ0v) is 14.3. The van der Waals surface area contributed by atoms with Crippen LogP contribution in [0.5, 0.6) is 5.75 Å². The van der Waals surface area contributed by atoms with Gasteiger partial charge in [0.1, 0.15) is 5.75 Å². The van der Waals surface area contributed by atoms with Gasteiger partial charge in [0.05, 0.1) is 5.69 Å². The fourth-order valence-corrected chi connectivity index (χ4v) is 2.88. The van der Waals surface area contributed by atoms with Crippen molar-refractivity contribution in [3.05, 3.63) is 54.1 Å². The molecule has 1 N–H and O–H groups in total. The quantitative estimate of drug-likeness (QED) is 0.878. The van der Waals surface area contributed by atoms with E-state index in [1.165, 1.54) is 0 Å². The molecule has 0 aliphatic carbocycles. The van der Waals surface area contributed by atoms with Crippen LogP contribution < -0.4 is 15.0 Å². The molecule has 5 heteroatoms. The van der Waals surface area contributed by atoms with Gasteiger partial charge in [0.15, 0.2) is 6.61 Å². The zero-order chi connectivity index (χ0) is 17.6. The summed E-state index contributed by atoms with van der Waals surface area (Å²) in [5, 5.41) is 2.90. The molecule has 0 aromatic heterocycles. The first-order valence-corrected chi connectivity index (χ1v) is 8.58. The van der Waals surface area contributed by atoms with Crippen molar-refractivity contribution in [1.82, 2.24) is 0 Å². The number of fused-ring (bicyclic) bond motifs is 1. The number of ether oxygens (including phenoxy) is 1. The Morgan fingerprint density at radius 1 is 1.20 bits per heavy atom. The Labute approximate surface area is 147 Å². The Morgan fingerprint density at radius 2 is 2.00 bits per heavy atom. The van der Waals surface area contributed by atoms with E-state index in [1.807, 2.05) is 49.4 Å². The summed E-state index contributed by atoms with van der Waals surface area (Å²) in [5.74, 6) is 0.559. The maximum absolute atomic E-state index is 12.2. The van der Waals surface area contributed by atoms with Crippen molar-refractivity contribution in [3.63, 3.8) is 0 Å². The minimum Gasteiger partial charge on any atom is -0.481 e. The van der Waals surface area contributed by atoms with E-state index in [-0.39, 0.29) is 18.4 Å². The summed E-state index contributed by atoms with van der Waals surface area (Å²) < 4.78 is 5.52. The molecular weight excluding hydrogens is 316 g/mol. The van der Waals surface area contributed by atoms with E-state index in [9.17, 15) is 9.59 Å². The van der Waals surface area contributed by atoms with E-state index >= 15 is 0 Å². The second-order valence-electron chi connectivity index (χ2n) is 6.05. The van der Waals surface area contributed by atoms with Gasteiger partial charge in [0.25, 0.3) is 5.91 Å². The topological polar surface area (TPSA) is 58.6 Å². The Kier molecular flexibility index (Phi) is 5.33. The number of aryl methyl sites for hydroxylation is 1. The number of amides is 2. The summed E-state index contributed by atoms with van der Waals surface area (Å²) in [6, 6.07) is 15.3. The average Bonchev–Trinajstić information content (AvgIpc) is 2.63. The van der Waals surface area contributed by atoms with Crippen LogP contribution in [0.4, 0.5) is 11.4 Å². The van der Waals surface area contributed by atoms with Crippen molar-refractivity contribution < 1.29 is 14.3 Å². The molecule has 2 aromatic rings. The summed E-state index contributed by atoms with van der Waals surface area (Å²) in [6.07, 6.45) is 2.00. The molecule has 5 nitrogen and oxygen atoms in total. The van der Waals surface area contributed by atoms with Crippen LogP contribution in [0.1, 0.15) is 25.3 Å². The second kappa shape index (κ2) is 7.83. The first-order valence-electron chi connectivity index (χ1n) is 8.58. The third kappa shape index (κ3) is 4.18. The largest absolute Gasteiger partial charge is 0.481 e. The molecule has 1 aliphatic heterocycles. The predicted octanol–water partition coefficient (Wildman–Crippen LogP) is 3.39. The third-order valence-electron chi connectivity index (χ3n) is 4.12. The van der Waals surface area contributed by atoms with Gasteiger partial charge in [0, 0.05) is 24.7 Å². The molecular formula is C20H22N2O3. The number of rotatable bonds is 6. The minimum atomic E-state index is -0.0406. The summed E-state index contributed by atoms with van der Waals surface area (Å²) in [4.78, 5) is 25.9. The summed E-state index contributed by atoms with van der Waals surface area (Å²) in [7, 11) is 0. The standard InChI is InChI=1S/C20H22N2O3/c1-2-12-22-17-10-9-16(13-18(17)25-14-20(22)24)21-19(23)11-8-15-6-4-3-5-7-15/h3-7,9-10,13H,2,8,11-12,14H2,1H3,(H,21,23). The Bertz CT molecular complexity index is 759. The van der Waals surface area contributed by atoms with Crippen molar-refractivity contribution in [3.8, 4) is 5.75 Å². The van der Waals surface area contributed by atoms with E-state index in [4.69, 9.17) is 4.74 Å². The molecule has 0 atom stereocenters. The van der Waals surface area contributed by atoms with Crippen molar-refractivity contribution in [1.29, 1.82) is 0 Å². The van der Waals surface area contributed by atoms with Gasteiger partial charge in [0.2, 0.25) is 5.91 Å². The van der Waals surface area contributed by atoms with Crippen molar-refractivity contribution in [2.45, 2.75) is 26.2 Å². The molecule has 0 fully saturated rings. The molecule has 0 saturated heterocycles. The van der Waals surface area contributed by atoms with Gasteiger partial charge >= 0.3 is 0 Å². The highest BCUT2D eigenvalue weighted by Gasteiger charge is 2.25. The fraction of sp³-hybridized carbons (Fsp3) is 0.300. The average molecular weight is 338 g/mol. The van der Waals surface area contributed by atoms with Crippen LogP contribution in [0.3, 0.4) is 0 Å². The minimum absolute atomic E-state index is 0.0333. The summed E-state index contributed by atoms with van der Waals surface area (Å²) in [5.41, 5.74) is 2.59. The van der Waals surface area contributed by atoms with Crippen LogP contribution in [0.2, 0.25) is 0 Å². The molecule has 0 radical (unpaired) electrons. The van der Waals surface area contributed by atoms with Crippen LogP contribution >= 0.6 is 0 Å². The zero-order valence-electron chi connectivity index (χ0n) is 14.3. The smallest absolute Gasteiger partial charge is 0.265 e. The maximum atomic E-state index is 12.2. The SMILES string of the molecule is CCCN1C(=O)COc2cc(NC(=O)CCc3ccccc3)ccc21. The molecule has 1 aliphatic rings. The van der Waals surface area contributed by atoms with E-state index in [0.29, 0.717) is 30.8 Å². The molecule has 0 saturated carbocycles. The van der Waals surface area contributed by atoms with E-state index in [1.54, 1.807) is 11.0 Å². The maximum Gasteiger partial charge on any atom is 0.265 e. The van der Waals surface area contributed by atoms with Gasteiger partial charge in [-0.3, -0.25) is 9.59 Å². The van der Waals surface area contributed by atoms with Gasteiger partial charge < -0.3 is 15.0 Å². The molecule has 2 amide bonds. The van der Waals surface area contributed by atoms with Crippen molar-refractivity contribution in [2.24, 2.45) is 0 Å². The highest BCUT2D eigenvalue weighted by atomic mass is 16.5. The number of hydrogen-bond donors (Lipinski definition) is 1. The van der Waals surface area contributed by atoms with Crippen LogP contribution in [0.15, 0.2) is 48.5 Å². The van der Waals surface area contributed by atoms with Crippen molar-refractivity contribution >= 4 is 23.2 Å². The van der Waals surface area contributed by atoms with Crippen LogP contribution in [0, 0.1) is 0 Å². The number of carbonyl (C=O) groups is 2. The number of benzene rings is 2. The molecule has 25 heavy (non-hydrogen) atoms. The summed E-state index contributed by atoms with van der Waals surface area (Å²) in [6.45, 7) is 2.74. The lowest BCUT2D eigenvalue weighted by molar-refractivity contribution is -0.121. The molecule has 0 spiro atoms. The lowest BCUT2D eigenvalue weighted by Crippen LogP contribution is -2.39. The molecule has 0 bridgehead atoms. The number of hydrogen-bond acceptors (Lipinski definition) is 3. The fourth-order valence-electron chi connectivity index (χ4n) is 2.88. The van der Waals surface area contributed by atoms with E-state index < -0.39 is 0 Å². The lowest BCUT2D eigenvalue weighted by atomic mass is 10.1. The van der Waals surface area contributed by atoms with Gasteiger partial charge in [-0.05, 0) is 30.5 Å². The molecule has 1 heterocycles. The Hall–Kier alpha value is -2.82. The second-order valence-corrected chi connectivity index (χ2v) is 6.05. The summed E-state index contributed by atoms with van der Waals surface area (Å²) >= 11 is 0. The molecule has 2 aromatic carbocycles. The first-order chi connectivity index (χ1) is 12.2. The monoisotopic (exact) mass is 338 g/mol. The van der Waals surface area contributed by atoms with Gasteiger partial charge in [-0.15, -0.1) is 0 Å². The van der Waals surface area contributed by atoms with Crippen LogP contribution in [-0.2, 0) is 16.0 Å². The lowest BCUT2D eigenvalue weighted by Gasteiger charge is -2.29. The number of anilines is 2. The Balaban J connectivity index is 1.64. The van der Waals surface area contributed by atoms with Gasteiger partial charge in [-0.25, -0.2) is 0 Å². The number of nitrogens with zero attached hydrogens (tertiary/aromatic N) is 1. The highest BCUT2D eigenvalue weighted by Crippen LogP contribution is 2.34. The van der Waals surface area contributed by atoms with E-state index in [2.05, 4.69) is 5.32 Å². The number of nitrogens with one attached hydrogen (secondary N) is 1. The molecule has 130 valence electrons. The highest BCUT2D eigenvalue weighted by molar-refractivity contribution is 5.99. The molecule has 3 rings (SSSR count). The first kappa shape index (κ1) is 17.0. The van der Waals surface area contributed by atoms with Crippen LogP contribution in [0.25, 0.3) is 0 Å². The number of carbonyl (C=O) groups excluding carboxylic acids is 2. The van der Waals surface area contributed by atoms with Gasteiger partial charge in [-0.1, -0.05) is 37.3 Å². The molecule has 0 unspecified atom stereocenters. The third-order valence-corrected chi connectivity index (χ3v) is 4.12.